The molecule has 0 bridgehead atoms. The average molecular weight is 207 g/mol. The summed E-state index contributed by atoms with van der Waals surface area (Å²) >= 11 is 0. The number of nitrogen functional groups attached to an aromatic ring is 1. The van der Waals surface area contributed by atoms with E-state index < -0.39 is 0 Å². The van der Waals surface area contributed by atoms with E-state index in [2.05, 4.69) is 28.5 Å². The van der Waals surface area contributed by atoms with Crippen LogP contribution in [0.15, 0.2) is 0 Å². The number of hydrogen-bond donors (Lipinski definition) is 3. The second kappa shape index (κ2) is 6.04. The average Bonchev–Trinajstić information content (AvgIpc) is 2.59. The third-order valence-electron chi connectivity index (χ3n) is 2.26. The zero-order chi connectivity index (χ0) is 11.1. The van der Waals surface area contributed by atoms with Gasteiger partial charge in [-0.15, -0.1) is 0 Å². The second-order valence-electron chi connectivity index (χ2n) is 3.38. The minimum Gasteiger partial charge on any atom is -0.381 e. The van der Waals surface area contributed by atoms with Gasteiger partial charge in [0.15, 0.2) is 5.82 Å². The van der Waals surface area contributed by atoms with Crippen molar-refractivity contribution in [3.05, 3.63) is 11.3 Å². The summed E-state index contributed by atoms with van der Waals surface area (Å²) in [6, 6.07) is 2.06. The Bertz CT molecular complexity index is 336. The number of nitrogens with one attached hydrogen (secondary N) is 2. The van der Waals surface area contributed by atoms with Crippen LogP contribution in [0.2, 0.25) is 0 Å². The molecule has 82 valence electrons. The molecule has 15 heavy (non-hydrogen) atoms. The van der Waals surface area contributed by atoms with Gasteiger partial charge < -0.3 is 11.1 Å². The zero-order valence-corrected chi connectivity index (χ0v) is 9.01. The summed E-state index contributed by atoms with van der Waals surface area (Å²) in [7, 11) is 0. The molecule has 1 rings (SSSR count). The predicted molar refractivity (Wildman–Crippen MR) is 59.2 cm³/mol. The van der Waals surface area contributed by atoms with Gasteiger partial charge >= 0.3 is 0 Å². The lowest BCUT2D eigenvalue weighted by molar-refractivity contribution is 0.636. The second-order valence-corrected chi connectivity index (χ2v) is 3.38. The Morgan fingerprint density at radius 2 is 2.33 bits per heavy atom. The first-order valence-corrected chi connectivity index (χ1v) is 5.23. The summed E-state index contributed by atoms with van der Waals surface area (Å²) < 4.78 is 0. The molecular formula is C10H17N5. The Hall–Kier alpha value is -1.54. The molecule has 1 heterocycles. The van der Waals surface area contributed by atoms with Crippen LogP contribution in [0, 0.1) is 11.3 Å². The Morgan fingerprint density at radius 3 is 3.00 bits per heavy atom. The van der Waals surface area contributed by atoms with Gasteiger partial charge in [0.2, 0.25) is 0 Å². The maximum Gasteiger partial charge on any atom is 0.163 e. The number of anilines is 1. The van der Waals surface area contributed by atoms with Gasteiger partial charge in [0.1, 0.15) is 11.6 Å². The monoisotopic (exact) mass is 207 g/mol. The number of aryl methyl sites for hydroxylation is 1. The van der Waals surface area contributed by atoms with Crippen molar-refractivity contribution >= 4 is 5.82 Å². The van der Waals surface area contributed by atoms with E-state index in [4.69, 9.17) is 11.0 Å². The van der Waals surface area contributed by atoms with Crippen LogP contribution in [0.5, 0.6) is 0 Å². The van der Waals surface area contributed by atoms with Gasteiger partial charge in [-0.05, 0) is 32.4 Å². The minimum atomic E-state index is 0.305. The number of unbranched alkanes of at least 4 members (excludes halogenated alkanes) is 1. The predicted octanol–water partition coefficient (Wildman–Crippen LogP) is 0.796. The molecule has 0 saturated heterocycles. The number of rotatable bonds is 6. The third kappa shape index (κ3) is 3.26. The number of nitrogens with zero attached hydrogens (tertiary/aromatic N) is 2. The molecule has 5 nitrogen and oxygen atoms in total. The van der Waals surface area contributed by atoms with Gasteiger partial charge in [0.25, 0.3) is 0 Å². The topological polar surface area (TPSA) is 90.5 Å². The van der Waals surface area contributed by atoms with E-state index >= 15 is 0 Å². The highest BCUT2D eigenvalue weighted by Crippen LogP contribution is 2.13. The van der Waals surface area contributed by atoms with Crippen molar-refractivity contribution in [3.63, 3.8) is 0 Å². The fourth-order valence-electron chi connectivity index (χ4n) is 1.43. The molecule has 0 atom stereocenters. The first kappa shape index (κ1) is 11.5. The number of nitrogens with two attached hydrogens (primary N) is 1. The SMILES string of the molecule is CCNCCCCc1[nH]nc(N)c1C#N. The molecule has 1 aromatic rings. The summed E-state index contributed by atoms with van der Waals surface area (Å²) in [6.07, 6.45) is 2.96. The van der Waals surface area contributed by atoms with Crippen molar-refractivity contribution in [2.75, 3.05) is 18.8 Å². The molecular weight excluding hydrogens is 190 g/mol. The van der Waals surface area contributed by atoms with Crippen molar-refractivity contribution < 1.29 is 0 Å². The fraction of sp³-hybridized carbons (Fsp3) is 0.600. The first-order chi connectivity index (χ1) is 7.29. The highest BCUT2D eigenvalue weighted by atomic mass is 15.2. The van der Waals surface area contributed by atoms with Gasteiger partial charge in [-0.25, -0.2) is 0 Å². The van der Waals surface area contributed by atoms with E-state index in [0.29, 0.717) is 11.4 Å². The number of nitriles is 1. The molecule has 0 aliphatic carbocycles. The van der Waals surface area contributed by atoms with Gasteiger partial charge in [-0.2, -0.15) is 10.4 Å². The number of hydrogen-bond acceptors (Lipinski definition) is 4. The molecule has 0 radical (unpaired) electrons. The van der Waals surface area contributed by atoms with Gasteiger partial charge in [0.05, 0.1) is 5.69 Å². The van der Waals surface area contributed by atoms with E-state index in [-0.39, 0.29) is 0 Å². The molecule has 4 N–H and O–H groups in total. The van der Waals surface area contributed by atoms with E-state index in [1.54, 1.807) is 0 Å². The van der Waals surface area contributed by atoms with Crippen LogP contribution < -0.4 is 11.1 Å². The van der Waals surface area contributed by atoms with Crippen molar-refractivity contribution in [3.8, 4) is 6.07 Å². The van der Waals surface area contributed by atoms with Crippen molar-refractivity contribution in [1.82, 2.24) is 15.5 Å². The van der Waals surface area contributed by atoms with Crippen LogP contribution in [0.4, 0.5) is 5.82 Å². The molecule has 0 unspecified atom stereocenters. The Labute approximate surface area is 89.7 Å². The van der Waals surface area contributed by atoms with Crippen LogP contribution in [0.3, 0.4) is 0 Å². The molecule has 5 heteroatoms. The summed E-state index contributed by atoms with van der Waals surface area (Å²) in [5.41, 5.74) is 6.88. The van der Waals surface area contributed by atoms with Crippen LogP contribution in [-0.2, 0) is 6.42 Å². The van der Waals surface area contributed by atoms with Crippen LogP contribution in [0.25, 0.3) is 0 Å². The molecule has 0 aliphatic heterocycles. The van der Waals surface area contributed by atoms with Gasteiger partial charge in [-0.3, -0.25) is 5.10 Å². The number of H-pyrrole nitrogens is 1. The standard InChI is InChI=1S/C10H17N5/c1-2-13-6-4-3-5-9-8(7-11)10(12)15-14-9/h13H,2-6H2,1H3,(H3,12,14,15). The Morgan fingerprint density at radius 1 is 1.53 bits per heavy atom. The van der Waals surface area contributed by atoms with Crippen LogP contribution in [-0.4, -0.2) is 23.3 Å². The summed E-state index contributed by atoms with van der Waals surface area (Å²) in [4.78, 5) is 0. The number of aromatic amines is 1. The lowest BCUT2D eigenvalue weighted by atomic mass is 10.1. The molecule has 0 spiro atoms. The van der Waals surface area contributed by atoms with Crippen molar-refractivity contribution in [2.24, 2.45) is 0 Å². The summed E-state index contributed by atoms with van der Waals surface area (Å²) in [5, 5.41) is 18.7. The van der Waals surface area contributed by atoms with Gasteiger partial charge in [-0.1, -0.05) is 6.92 Å². The molecule has 1 aromatic heterocycles. The number of aromatic nitrogens is 2. The Balaban J connectivity index is 2.35. The van der Waals surface area contributed by atoms with E-state index in [1.165, 1.54) is 0 Å². The molecule has 0 saturated carbocycles. The Kier molecular flexibility index (Phi) is 4.64. The summed E-state index contributed by atoms with van der Waals surface area (Å²) in [6.45, 7) is 4.10. The highest BCUT2D eigenvalue weighted by molar-refractivity contribution is 5.50. The molecule has 0 aromatic carbocycles. The fourth-order valence-corrected chi connectivity index (χ4v) is 1.43. The van der Waals surface area contributed by atoms with Crippen molar-refractivity contribution in [1.29, 1.82) is 5.26 Å². The quantitative estimate of drug-likeness (QED) is 0.602. The van der Waals surface area contributed by atoms with Gasteiger partial charge in [0, 0.05) is 0 Å². The zero-order valence-electron chi connectivity index (χ0n) is 9.01. The maximum atomic E-state index is 8.83. The first-order valence-electron chi connectivity index (χ1n) is 5.23. The minimum absolute atomic E-state index is 0.305. The highest BCUT2D eigenvalue weighted by Gasteiger charge is 2.08. The molecule has 0 aliphatic rings. The van der Waals surface area contributed by atoms with E-state index in [9.17, 15) is 0 Å². The molecule has 0 fully saturated rings. The maximum absolute atomic E-state index is 8.83. The third-order valence-corrected chi connectivity index (χ3v) is 2.26. The lowest BCUT2D eigenvalue weighted by Gasteiger charge is -2.00. The van der Waals surface area contributed by atoms with Crippen molar-refractivity contribution in [2.45, 2.75) is 26.2 Å². The lowest BCUT2D eigenvalue weighted by Crippen LogP contribution is -2.14. The molecule has 0 amide bonds. The van der Waals surface area contributed by atoms with Crippen LogP contribution >= 0.6 is 0 Å². The summed E-state index contributed by atoms with van der Waals surface area (Å²) in [5.74, 6) is 0.305. The van der Waals surface area contributed by atoms with E-state index in [1.807, 2.05) is 0 Å². The van der Waals surface area contributed by atoms with Crippen LogP contribution in [0.1, 0.15) is 31.0 Å². The largest absolute Gasteiger partial charge is 0.381 e. The van der Waals surface area contributed by atoms with E-state index in [0.717, 1.165) is 38.0 Å². The normalized spacial score (nSPS) is 10.1. The smallest absolute Gasteiger partial charge is 0.163 e.